The topological polar surface area (TPSA) is 29.4 Å². The molecule has 0 aliphatic heterocycles. The van der Waals surface area contributed by atoms with Crippen molar-refractivity contribution in [2.45, 2.75) is 0 Å². The van der Waals surface area contributed by atoms with Gasteiger partial charge in [0.05, 0.1) is 11.6 Å². The first kappa shape index (κ1) is 23.3. The van der Waals surface area contributed by atoms with Gasteiger partial charge in [-0.1, -0.05) is 140 Å². The van der Waals surface area contributed by atoms with Crippen molar-refractivity contribution in [3.8, 4) is 0 Å². The maximum absolute atomic E-state index is 15.3. The normalized spacial score (nSPS) is 11.7. The van der Waals surface area contributed by atoms with Crippen LogP contribution in [0.3, 0.4) is 0 Å². The lowest BCUT2D eigenvalue weighted by atomic mass is 10.3. The molecular weight excluding hydrogens is 464 g/mol. The van der Waals surface area contributed by atoms with Gasteiger partial charge in [-0.25, -0.2) is 0 Å². The number of hydrogen-bond donors (Lipinski definition) is 0. The van der Waals surface area contributed by atoms with E-state index in [2.05, 4.69) is 48.5 Å². The SMILES string of the molecule is O=P(CP(=Nc1ccccc1)(c1ccccc1)c1ccccc1)(c1ccccc1)c1ccccc1. The van der Waals surface area contributed by atoms with E-state index in [1.165, 1.54) is 0 Å². The average Bonchev–Trinajstić information content (AvgIpc) is 2.95. The molecule has 0 aliphatic carbocycles. The molecule has 0 aliphatic rings. The van der Waals surface area contributed by atoms with Crippen LogP contribution in [0.5, 0.6) is 0 Å². The first-order chi connectivity index (χ1) is 17.2. The third kappa shape index (κ3) is 4.87. The minimum Gasteiger partial charge on any atom is -0.313 e. The van der Waals surface area contributed by atoms with Gasteiger partial charge in [-0.3, -0.25) is 4.74 Å². The Labute approximate surface area is 207 Å². The highest BCUT2D eigenvalue weighted by Gasteiger charge is 2.37. The van der Waals surface area contributed by atoms with Gasteiger partial charge in [0.2, 0.25) is 0 Å². The van der Waals surface area contributed by atoms with Crippen LogP contribution < -0.4 is 21.2 Å². The van der Waals surface area contributed by atoms with Crippen LogP contribution in [-0.2, 0) is 4.57 Å². The molecular formula is C31H27NOP2. The fourth-order valence-electron chi connectivity index (χ4n) is 4.44. The lowest BCUT2D eigenvalue weighted by molar-refractivity contribution is 0.589. The molecule has 0 spiro atoms. The molecule has 0 saturated heterocycles. The molecule has 0 radical (unpaired) electrons. The van der Waals surface area contributed by atoms with E-state index >= 15 is 4.57 Å². The molecule has 0 atom stereocenters. The predicted molar refractivity (Wildman–Crippen MR) is 152 cm³/mol. The van der Waals surface area contributed by atoms with Crippen molar-refractivity contribution in [3.63, 3.8) is 0 Å². The molecule has 5 rings (SSSR count). The number of hydrogen-bond acceptors (Lipinski definition) is 2. The lowest BCUT2D eigenvalue weighted by Crippen LogP contribution is -2.25. The van der Waals surface area contributed by atoms with E-state index in [9.17, 15) is 0 Å². The third-order valence-corrected chi connectivity index (χ3v) is 14.5. The van der Waals surface area contributed by atoms with Gasteiger partial charge >= 0.3 is 0 Å². The molecule has 5 aromatic carbocycles. The van der Waals surface area contributed by atoms with Gasteiger partial charge in [0.1, 0.15) is 7.14 Å². The van der Waals surface area contributed by atoms with E-state index in [0.29, 0.717) is 5.90 Å². The maximum atomic E-state index is 15.3. The minimum absolute atomic E-state index is 0.441. The molecule has 0 unspecified atom stereocenters. The highest BCUT2D eigenvalue weighted by atomic mass is 31.2. The largest absolute Gasteiger partial charge is 0.313 e. The summed E-state index contributed by atoms with van der Waals surface area (Å²) in [4.78, 5) is 0. The molecule has 0 N–H and O–H groups in total. The molecule has 172 valence electrons. The second-order valence-corrected chi connectivity index (χ2v) is 14.8. The standard InChI is InChI=1S/C31H27NOP2/c33-35(30-22-12-4-13-23-30,31-24-14-5-15-25-31)26-34(28-18-8-2-9-19-28,29-20-10-3-11-21-29)32-27-16-6-1-7-17-27/h1-25H,26H2. The molecule has 2 nitrogen and oxygen atoms in total. The zero-order valence-electron chi connectivity index (χ0n) is 19.4. The molecule has 0 saturated carbocycles. The van der Waals surface area contributed by atoms with E-state index < -0.39 is 14.2 Å². The summed E-state index contributed by atoms with van der Waals surface area (Å²) in [6.07, 6.45) is 0. The van der Waals surface area contributed by atoms with Crippen molar-refractivity contribution in [1.82, 2.24) is 0 Å². The molecule has 35 heavy (non-hydrogen) atoms. The van der Waals surface area contributed by atoms with E-state index in [-0.39, 0.29) is 0 Å². The van der Waals surface area contributed by atoms with Crippen molar-refractivity contribution in [1.29, 1.82) is 0 Å². The highest BCUT2D eigenvalue weighted by Crippen LogP contribution is 2.62. The Kier molecular flexibility index (Phi) is 6.96. The fraction of sp³-hybridized carbons (Fsp3) is 0.0323. The van der Waals surface area contributed by atoms with Gasteiger partial charge in [-0.2, -0.15) is 0 Å². The Morgan fingerprint density at radius 3 is 1.11 bits per heavy atom. The molecule has 0 amide bonds. The van der Waals surface area contributed by atoms with E-state index in [0.717, 1.165) is 26.9 Å². The molecule has 0 aromatic heterocycles. The van der Waals surface area contributed by atoms with Gasteiger partial charge in [0.25, 0.3) is 0 Å². The van der Waals surface area contributed by atoms with Gasteiger partial charge in [-0.05, 0) is 22.7 Å². The number of benzene rings is 5. The Hall–Kier alpha value is -3.44. The highest BCUT2D eigenvalue weighted by molar-refractivity contribution is 7.95. The van der Waals surface area contributed by atoms with Crippen LogP contribution in [0.4, 0.5) is 5.69 Å². The van der Waals surface area contributed by atoms with Gasteiger partial charge in [0, 0.05) is 17.7 Å². The Morgan fingerprint density at radius 2 is 0.743 bits per heavy atom. The average molecular weight is 492 g/mol. The summed E-state index contributed by atoms with van der Waals surface area (Å²) in [6.45, 7) is 0. The zero-order chi connectivity index (χ0) is 24.0. The molecule has 0 bridgehead atoms. The van der Waals surface area contributed by atoms with Crippen LogP contribution in [0.25, 0.3) is 0 Å². The molecule has 4 heteroatoms. The Bertz CT molecular complexity index is 1380. The van der Waals surface area contributed by atoms with Crippen molar-refractivity contribution in [2.75, 3.05) is 5.90 Å². The summed E-state index contributed by atoms with van der Waals surface area (Å²) in [7, 11) is -5.57. The van der Waals surface area contributed by atoms with E-state index in [4.69, 9.17) is 4.74 Å². The number of nitrogens with zero attached hydrogens (tertiary/aromatic N) is 1. The van der Waals surface area contributed by atoms with Crippen LogP contribution in [0.1, 0.15) is 0 Å². The lowest BCUT2D eigenvalue weighted by Gasteiger charge is -2.31. The molecule has 0 heterocycles. The van der Waals surface area contributed by atoms with Gasteiger partial charge < -0.3 is 4.57 Å². The quantitative estimate of drug-likeness (QED) is 0.223. The van der Waals surface area contributed by atoms with Crippen LogP contribution >= 0.6 is 14.2 Å². The smallest absolute Gasteiger partial charge is 0.149 e. The summed E-state index contributed by atoms with van der Waals surface area (Å²) in [5, 5.41) is 3.99. The Balaban J connectivity index is 1.85. The Morgan fingerprint density at radius 1 is 0.429 bits per heavy atom. The molecule has 0 fully saturated rings. The van der Waals surface area contributed by atoms with Gasteiger partial charge in [0.15, 0.2) is 0 Å². The first-order valence-corrected chi connectivity index (χ1v) is 15.5. The molecule has 5 aromatic rings. The van der Waals surface area contributed by atoms with Crippen molar-refractivity contribution in [2.24, 2.45) is 4.74 Å². The van der Waals surface area contributed by atoms with Crippen LogP contribution in [0, 0.1) is 0 Å². The summed E-state index contributed by atoms with van der Waals surface area (Å²) >= 11 is 0. The minimum atomic E-state index is -3.06. The van der Waals surface area contributed by atoms with Gasteiger partial charge in [-0.15, -0.1) is 0 Å². The first-order valence-electron chi connectivity index (χ1n) is 11.7. The fourth-order valence-corrected chi connectivity index (χ4v) is 13.6. The van der Waals surface area contributed by atoms with E-state index in [1.807, 2.05) is 103 Å². The summed E-state index contributed by atoms with van der Waals surface area (Å²) in [5.74, 6) is 0.441. The summed E-state index contributed by atoms with van der Waals surface area (Å²) < 4.78 is 20.8. The van der Waals surface area contributed by atoms with Crippen molar-refractivity contribution in [3.05, 3.63) is 152 Å². The predicted octanol–water partition coefficient (Wildman–Crippen LogP) is 7.14. The van der Waals surface area contributed by atoms with E-state index in [1.54, 1.807) is 0 Å². The maximum Gasteiger partial charge on any atom is 0.149 e. The second-order valence-electron chi connectivity index (χ2n) is 8.43. The van der Waals surface area contributed by atoms with Crippen LogP contribution in [0.2, 0.25) is 0 Å². The summed E-state index contributed by atoms with van der Waals surface area (Å²) in [6, 6.07) is 50.8. The third-order valence-electron chi connectivity index (χ3n) is 6.16. The second kappa shape index (κ2) is 10.4. The van der Waals surface area contributed by atoms with Crippen molar-refractivity contribution >= 4 is 41.1 Å². The monoisotopic (exact) mass is 491 g/mol. The zero-order valence-corrected chi connectivity index (χ0v) is 21.2. The summed E-state index contributed by atoms with van der Waals surface area (Å²) in [5.41, 5.74) is 0.904. The van der Waals surface area contributed by atoms with Crippen molar-refractivity contribution < 1.29 is 4.57 Å². The number of rotatable bonds is 7. The van der Waals surface area contributed by atoms with Crippen LogP contribution in [-0.4, -0.2) is 5.90 Å². The van der Waals surface area contributed by atoms with Crippen LogP contribution in [0.15, 0.2) is 156 Å².